The third-order valence-electron chi connectivity index (χ3n) is 4.41. The summed E-state index contributed by atoms with van der Waals surface area (Å²) in [5.41, 5.74) is 0.637. The second-order valence-corrected chi connectivity index (χ2v) is 7.08. The zero-order valence-corrected chi connectivity index (χ0v) is 15.4. The molecule has 10 heteroatoms. The molecule has 2 amide bonds. The van der Waals surface area contributed by atoms with Gasteiger partial charge in [0.25, 0.3) is 5.91 Å². The van der Waals surface area contributed by atoms with Crippen LogP contribution in [0.2, 0.25) is 5.02 Å². The molecule has 0 spiro atoms. The SMILES string of the molecule is O=C(CN(CC1CC1)C(=O)c1ccc(Cl)c(F)c1)Nc1ncc2cn[nH]c2n1. The van der Waals surface area contributed by atoms with Crippen LogP contribution in [0.1, 0.15) is 23.2 Å². The van der Waals surface area contributed by atoms with Crippen LogP contribution in [-0.2, 0) is 4.79 Å². The minimum Gasteiger partial charge on any atom is -0.329 e. The number of carbonyl (C=O) groups excluding carboxylic acids is 2. The summed E-state index contributed by atoms with van der Waals surface area (Å²) in [5, 5.41) is 9.77. The van der Waals surface area contributed by atoms with E-state index in [9.17, 15) is 14.0 Å². The van der Waals surface area contributed by atoms with Crippen molar-refractivity contribution < 1.29 is 14.0 Å². The van der Waals surface area contributed by atoms with E-state index in [-0.39, 0.29) is 23.1 Å². The molecule has 2 heterocycles. The lowest BCUT2D eigenvalue weighted by atomic mass is 10.2. The van der Waals surface area contributed by atoms with Gasteiger partial charge >= 0.3 is 0 Å². The van der Waals surface area contributed by atoms with Crippen molar-refractivity contribution in [3.63, 3.8) is 0 Å². The summed E-state index contributed by atoms with van der Waals surface area (Å²) in [7, 11) is 0. The van der Waals surface area contributed by atoms with Crippen molar-refractivity contribution in [2.24, 2.45) is 5.92 Å². The number of nitrogens with one attached hydrogen (secondary N) is 2. The number of anilines is 1. The summed E-state index contributed by atoms with van der Waals surface area (Å²) in [6, 6.07) is 3.85. The van der Waals surface area contributed by atoms with Crippen LogP contribution in [0.3, 0.4) is 0 Å². The maximum absolute atomic E-state index is 13.7. The highest BCUT2D eigenvalue weighted by molar-refractivity contribution is 6.30. The summed E-state index contributed by atoms with van der Waals surface area (Å²) in [6.07, 6.45) is 5.10. The Balaban J connectivity index is 1.47. The lowest BCUT2D eigenvalue weighted by molar-refractivity contribution is -0.117. The molecular weight excluding hydrogens is 387 g/mol. The average Bonchev–Trinajstić information content (AvgIpc) is 3.36. The molecule has 0 radical (unpaired) electrons. The highest BCUT2D eigenvalue weighted by Crippen LogP contribution is 2.30. The Morgan fingerprint density at radius 3 is 2.89 bits per heavy atom. The number of aromatic nitrogens is 4. The van der Waals surface area contributed by atoms with Crippen LogP contribution in [0.5, 0.6) is 0 Å². The zero-order valence-electron chi connectivity index (χ0n) is 14.7. The number of hydrogen-bond acceptors (Lipinski definition) is 5. The Morgan fingerprint density at radius 1 is 1.32 bits per heavy atom. The Hall–Kier alpha value is -3.07. The quantitative estimate of drug-likeness (QED) is 0.659. The topological polar surface area (TPSA) is 104 Å². The third kappa shape index (κ3) is 4.09. The molecule has 28 heavy (non-hydrogen) atoms. The van der Waals surface area contributed by atoms with Gasteiger partial charge in [-0.05, 0) is 37.0 Å². The fraction of sp³-hybridized carbons (Fsp3) is 0.278. The summed E-state index contributed by atoms with van der Waals surface area (Å²) >= 11 is 5.68. The van der Waals surface area contributed by atoms with Crippen LogP contribution in [0.15, 0.2) is 30.6 Å². The first-order valence-electron chi connectivity index (χ1n) is 8.70. The van der Waals surface area contributed by atoms with Gasteiger partial charge < -0.3 is 4.90 Å². The van der Waals surface area contributed by atoms with Gasteiger partial charge in [-0.1, -0.05) is 11.6 Å². The van der Waals surface area contributed by atoms with Crippen molar-refractivity contribution in [3.05, 3.63) is 47.0 Å². The summed E-state index contributed by atoms with van der Waals surface area (Å²) < 4.78 is 13.7. The number of hydrogen-bond donors (Lipinski definition) is 2. The van der Waals surface area contributed by atoms with E-state index in [0.717, 1.165) is 18.9 Å². The molecule has 1 aliphatic rings. The molecular formula is C18H16ClFN6O2. The molecule has 0 unspecified atom stereocenters. The fourth-order valence-electron chi connectivity index (χ4n) is 2.78. The Kier molecular flexibility index (Phi) is 4.91. The van der Waals surface area contributed by atoms with Gasteiger partial charge in [-0.2, -0.15) is 10.1 Å². The van der Waals surface area contributed by atoms with Crippen molar-refractivity contribution in [2.45, 2.75) is 12.8 Å². The van der Waals surface area contributed by atoms with Gasteiger partial charge in [0.15, 0.2) is 5.65 Å². The summed E-state index contributed by atoms with van der Waals surface area (Å²) in [6.45, 7) is 0.237. The van der Waals surface area contributed by atoms with Gasteiger partial charge in [0.2, 0.25) is 11.9 Å². The summed E-state index contributed by atoms with van der Waals surface area (Å²) in [5.74, 6) is -1.08. The Morgan fingerprint density at radius 2 is 2.14 bits per heavy atom. The Bertz CT molecular complexity index is 1050. The number of amides is 2. The lowest BCUT2D eigenvalue weighted by Gasteiger charge is -2.22. The van der Waals surface area contributed by atoms with E-state index in [1.165, 1.54) is 23.2 Å². The number of benzene rings is 1. The highest BCUT2D eigenvalue weighted by atomic mass is 35.5. The van der Waals surface area contributed by atoms with Crippen LogP contribution in [-0.4, -0.2) is 50.0 Å². The molecule has 3 aromatic rings. The summed E-state index contributed by atoms with van der Waals surface area (Å²) in [4.78, 5) is 34.9. The van der Waals surface area contributed by atoms with Crippen LogP contribution in [0, 0.1) is 11.7 Å². The molecule has 0 aliphatic heterocycles. The van der Waals surface area contributed by atoms with Gasteiger partial charge in [0.1, 0.15) is 12.4 Å². The van der Waals surface area contributed by atoms with Crippen molar-refractivity contribution in [1.29, 1.82) is 0 Å². The third-order valence-corrected chi connectivity index (χ3v) is 4.71. The number of H-pyrrole nitrogens is 1. The second kappa shape index (κ2) is 7.51. The zero-order chi connectivity index (χ0) is 19.7. The molecule has 8 nitrogen and oxygen atoms in total. The molecule has 4 rings (SSSR count). The number of fused-ring (bicyclic) bond motifs is 1. The molecule has 1 aliphatic carbocycles. The molecule has 0 atom stereocenters. The maximum Gasteiger partial charge on any atom is 0.254 e. The maximum atomic E-state index is 13.7. The fourth-order valence-corrected chi connectivity index (χ4v) is 2.90. The minimum atomic E-state index is -0.676. The first-order chi connectivity index (χ1) is 13.5. The standard InChI is InChI=1S/C18H16ClFN6O2/c19-13-4-3-11(5-14(13)20)17(28)26(8-10-1-2-10)9-15(27)23-18-21-6-12-7-22-25-16(12)24-18/h3-7,10H,1-2,8-9H2,(H2,21,22,23,24,25,27). The normalized spacial score (nSPS) is 13.5. The monoisotopic (exact) mass is 402 g/mol. The first-order valence-corrected chi connectivity index (χ1v) is 9.07. The van der Waals surface area contributed by atoms with Crippen LogP contribution in [0.25, 0.3) is 11.0 Å². The number of rotatable bonds is 6. The minimum absolute atomic E-state index is 0.0608. The number of halogens is 2. The van der Waals surface area contributed by atoms with Crippen molar-refractivity contribution >= 4 is 40.4 Å². The van der Waals surface area contributed by atoms with E-state index in [1.54, 1.807) is 6.20 Å². The van der Waals surface area contributed by atoms with Gasteiger partial charge in [-0.15, -0.1) is 0 Å². The van der Waals surface area contributed by atoms with Crippen molar-refractivity contribution in [3.8, 4) is 0 Å². The number of aromatic amines is 1. The molecule has 0 bridgehead atoms. The van der Waals surface area contributed by atoms with Crippen molar-refractivity contribution in [1.82, 2.24) is 25.1 Å². The second-order valence-electron chi connectivity index (χ2n) is 6.67. The highest BCUT2D eigenvalue weighted by Gasteiger charge is 2.29. The molecule has 1 fully saturated rings. The lowest BCUT2D eigenvalue weighted by Crippen LogP contribution is -2.39. The van der Waals surface area contributed by atoms with E-state index in [2.05, 4.69) is 25.5 Å². The molecule has 1 aromatic carbocycles. The predicted molar refractivity (Wildman–Crippen MR) is 100 cm³/mol. The molecule has 2 N–H and O–H groups in total. The van der Waals surface area contributed by atoms with Gasteiger partial charge in [0, 0.05) is 18.3 Å². The van der Waals surface area contributed by atoms with Gasteiger partial charge in [-0.3, -0.25) is 20.0 Å². The largest absolute Gasteiger partial charge is 0.329 e. The molecule has 1 saturated carbocycles. The number of nitrogens with zero attached hydrogens (tertiary/aromatic N) is 4. The molecule has 2 aromatic heterocycles. The predicted octanol–water partition coefficient (Wildman–Crippen LogP) is 2.64. The average molecular weight is 403 g/mol. The van der Waals surface area contributed by atoms with Crippen LogP contribution >= 0.6 is 11.6 Å². The van der Waals surface area contributed by atoms with E-state index in [0.29, 0.717) is 23.5 Å². The Labute approximate surface area is 164 Å². The van der Waals surface area contributed by atoms with Gasteiger partial charge in [0.05, 0.1) is 16.6 Å². The van der Waals surface area contributed by atoms with E-state index < -0.39 is 17.6 Å². The van der Waals surface area contributed by atoms with Crippen LogP contribution < -0.4 is 5.32 Å². The van der Waals surface area contributed by atoms with Gasteiger partial charge in [-0.25, -0.2) is 9.37 Å². The smallest absolute Gasteiger partial charge is 0.254 e. The van der Waals surface area contributed by atoms with Crippen molar-refractivity contribution in [2.75, 3.05) is 18.4 Å². The molecule has 0 saturated heterocycles. The molecule has 144 valence electrons. The first kappa shape index (κ1) is 18.3. The van der Waals surface area contributed by atoms with E-state index in [4.69, 9.17) is 11.6 Å². The van der Waals surface area contributed by atoms with E-state index >= 15 is 0 Å². The number of carbonyl (C=O) groups is 2. The van der Waals surface area contributed by atoms with Crippen LogP contribution in [0.4, 0.5) is 10.3 Å². The van der Waals surface area contributed by atoms with E-state index in [1.807, 2.05) is 0 Å².